The first-order valence-corrected chi connectivity index (χ1v) is 7.32. The number of aryl methyl sites for hydroxylation is 1. The first kappa shape index (κ1) is 13.6. The molecular weight excluding hydrogens is 256 g/mol. The second-order valence-electron chi connectivity index (χ2n) is 5.81. The van der Waals surface area contributed by atoms with Gasteiger partial charge in [0.05, 0.1) is 5.60 Å². The second kappa shape index (κ2) is 5.58. The predicted molar refractivity (Wildman–Crippen MR) is 74.6 cm³/mol. The molecule has 0 aliphatic carbocycles. The van der Waals surface area contributed by atoms with Gasteiger partial charge in [0.15, 0.2) is 0 Å². The van der Waals surface area contributed by atoms with Gasteiger partial charge in [0.1, 0.15) is 5.69 Å². The summed E-state index contributed by atoms with van der Waals surface area (Å²) in [7, 11) is 1.89. The molecule has 1 amide bonds. The van der Waals surface area contributed by atoms with E-state index in [1.54, 1.807) is 0 Å². The van der Waals surface area contributed by atoms with Crippen molar-refractivity contribution in [1.82, 2.24) is 9.88 Å². The number of carbonyl (C=O) groups is 1. The van der Waals surface area contributed by atoms with Crippen molar-refractivity contribution in [2.45, 2.75) is 37.3 Å². The molecule has 20 heavy (non-hydrogen) atoms. The highest BCUT2D eigenvalue weighted by Crippen LogP contribution is 2.34. The van der Waals surface area contributed by atoms with Crippen molar-refractivity contribution < 1.29 is 14.3 Å². The summed E-state index contributed by atoms with van der Waals surface area (Å²) in [5, 5.41) is 3.15. The third-order valence-corrected chi connectivity index (χ3v) is 4.41. The molecule has 5 nitrogen and oxygen atoms in total. The summed E-state index contributed by atoms with van der Waals surface area (Å²) in [6, 6.07) is 3.93. The van der Waals surface area contributed by atoms with Gasteiger partial charge in [0, 0.05) is 39.1 Å². The number of hydrogen-bond acceptors (Lipinski definition) is 3. The van der Waals surface area contributed by atoms with Crippen molar-refractivity contribution in [1.29, 1.82) is 0 Å². The minimum Gasteiger partial charge on any atom is -0.381 e. The van der Waals surface area contributed by atoms with Gasteiger partial charge in [-0.3, -0.25) is 4.79 Å². The molecule has 0 saturated carbocycles. The summed E-state index contributed by atoms with van der Waals surface area (Å²) in [6.07, 6.45) is 5.54. The third-order valence-electron chi connectivity index (χ3n) is 4.41. The van der Waals surface area contributed by atoms with E-state index in [2.05, 4.69) is 5.32 Å². The van der Waals surface area contributed by atoms with E-state index in [4.69, 9.17) is 9.47 Å². The smallest absolute Gasteiger partial charge is 0.268 e. The maximum atomic E-state index is 12.3. The summed E-state index contributed by atoms with van der Waals surface area (Å²) in [5.41, 5.74) is 0.625. The molecule has 1 atom stereocenters. The first-order chi connectivity index (χ1) is 9.69. The van der Waals surface area contributed by atoms with Crippen molar-refractivity contribution in [2.75, 3.05) is 19.8 Å². The largest absolute Gasteiger partial charge is 0.381 e. The van der Waals surface area contributed by atoms with Gasteiger partial charge >= 0.3 is 0 Å². The quantitative estimate of drug-likeness (QED) is 0.891. The van der Waals surface area contributed by atoms with Crippen LogP contribution in [0.5, 0.6) is 0 Å². The zero-order chi connectivity index (χ0) is 14.0. The standard InChI is InChI=1S/C15H22N2O3/c1-17-7-2-3-13(17)14(18)16-12-4-8-20-15(11-12)5-9-19-10-6-15/h2-3,7,12H,4-6,8-11H2,1H3,(H,16,18)/t12-/m0/s1. The summed E-state index contributed by atoms with van der Waals surface area (Å²) >= 11 is 0. The normalized spacial score (nSPS) is 25.6. The van der Waals surface area contributed by atoms with E-state index < -0.39 is 0 Å². The van der Waals surface area contributed by atoms with Crippen molar-refractivity contribution in [3.63, 3.8) is 0 Å². The lowest BCUT2D eigenvalue weighted by molar-refractivity contribution is -0.139. The van der Waals surface area contributed by atoms with Gasteiger partial charge in [-0.15, -0.1) is 0 Å². The monoisotopic (exact) mass is 278 g/mol. The lowest BCUT2D eigenvalue weighted by atomic mass is 9.84. The third kappa shape index (κ3) is 2.74. The van der Waals surface area contributed by atoms with Gasteiger partial charge in [0.2, 0.25) is 0 Å². The number of nitrogens with zero attached hydrogens (tertiary/aromatic N) is 1. The molecule has 2 aliphatic heterocycles. The fourth-order valence-corrected chi connectivity index (χ4v) is 3.20. The number of amides is 1. The van der Waals surface area contributed by atoms with E-state index in [9.17, 15) is 4.79 Å². The Hall–Kier alpha value is -1.33. The highest BCUT2D eigenvalue weighted by Gasteiger charge is 2.39. The van der Waals surface area contributed by atoms with Gasteiger partial charge in [0.25, 0.3) is 5.91 Å². The molecular formula is C15H22N2O3. The lowest BCUT2D eigenvalue weighted by Gasteiger charge is -2.43. The molecule has 3 rings (SSSR count). The predicted octanol–water partition coefficient (Wildman–Crippen LogP) is 1.48. The van der Waals surface area contributed by atoms with Crippen LogP contribution in [-0.2, 0) is 16.5 Å². The molecule has 0 unspecified atom stereocenters. The molecule has 1 aromatic rings. The minimum absolute atomic E-state index is 0.00612. The Morgan fingerprint density at radius 2 is 2.20 bits per heavy atom. The zero-order valence-corrected chi connectivity index (χ0v) is 11.9. The summed E-state index contributed by atoms with van der Waals surface area (Å²) in [4.78, 5) is 12.3. The van der Waals surface area contributed by atoms with E-state index in [-0.39, 0.29) is 17.6 Å². The topological polar surface area (TPSA) is 52.5 Å². The van der Waals surface area contributed by atoms with Gasteiger partial charge in [-0.05, 0) is 37.8 Å². The highest BCUT2D eigenvalue weighted by molar-refractivity contribution is 5.92. The molecule has 1 spiro atoms. The van der Waals surface area contributed by atoms with Crippen LogP contribution >= 0.6 is 0 Å². The zero-order valence-electron chi connectivity index (χ0n) is 11.9. The number of nitrogens with one attached hydrogen (secondary N) is 1. The molecule has 0 bridgehead atoms. The number of carbonyl (C=O) groups excluding carboxylic acids is 1. The van der Waals surface area contributed by atoms with Crippen LogP contribution in [0.25, 0.3) is 0 Å². The number of rotatable bonds is 2. The van der Waals surface area contributed by atoms with Crippen LogP contribution in [-0.4, -0.2) is 41.9 Å². The lowest BCUT2D eigenvalue weighted by Crippen LogP contribution is -2.51. The molecule has 0 aromatic carbocycles. The maximum absolute atomic E-state index is 12.3. The average molecular weight is 278 g/mol. The fraction of sp³-hybridized carbons (Fsp3) is 0.667. The van der Waals surface area contributed by atoms with E-state index in [0.29, 0.717) is 5.69 Å². The van der Waals surface area contributed by atoms with Crippen molar-refractivity contribution >= 4 is 5.91 Å². The van der Waals surface area contributed by atoms with E-state index in [1.807, 2.05) is 29.9 Å². The van der Waals surface area contributed by atoms with E-state index >= 15 is 0 Å². The molecule has 2 aliphatic rings. The van der Waals surface area contributed by atoms with Crippen molar-refractivity contribution in [2.24, 2.45) is 7.05 Å². The van der Waals surface area contributed by atoms with Crippen molar-refractivity contribution in [3.05, 3.63) is 24.0 Å². The summed E-state index contributed by atoms with van der Waals surface area (Å²) in [6.45, 7) is 2.25. The Labute approximate surface area is 119 Å². The minimum atomic E-state index is -0.0807. The molecule has 2 saturated heterocycles. The number of ether oxygens (including phenoxy) is 2. The first-order valence-electron chi connectivity index (χ1n) is 7.32. The highest BCUT2D eigenvalue weighted by atomic mass is 16.5. The van der Waals surface area contributed by atoms with E-state index in [1.165, 1.54) is 0 Å². The average Bonchev–Trinajstić information content (AvgIpc) is 2.86. The van der Waals surface area contributed by atoms with Gasteiger partial charge in [-0.1, -0.05) is 0 Å². The van der Waals surface area contributed by atoms with Crippen LogP contribution in [0.15, 0.2) is 18.3 Å². The molecule has 2 fully saturated rings. The van der Waals surface area contributed by atoms with Crippen molar-refractivity contribution in [3.8, 4) is 0 Å². The molecule has 110 valence electrons. The molecule has 1 N–H and O–H groups in total. The Kier molecular flexibility index (Phi) is 3.81. The van der Waals surface area contributed by atoms with Crippen LogP contribution in [0, 0.1) is 0 Å². The summed E-state index contributed by atoms with van der Waals surface area (Å²) in [5.74, 6) is 0.00612. The van der Waals surface area contributed by atoms with Gasteiger partial charge in [-0.25, -0.2) is 0 Å². The van der Waals surface area contributed by atoms with Gasteiger partial charge < -0.3 is 19.4 Å². The number of aromatic nitrogens is 1. The Morgan fingerprint density at radius 3 is 2.90 bits per heavy atom. The van der Waals surface area contributed by atoms with Crippen LogP contribution in [0.1, 0.15) is 36.2 Å². The van der Waals surface area contributed by atoms with Crippen LogP contribution < -0.4 is 5.32 Å². The SMILES string of the molecule is Cn1cccc1C(=O)N[C@H]1CCOC2(CCOCC2)C1. The number of hydrogen-bond donors (Lipinski definition) is 1. The Bertz CT molecular complexity index is 472. The second-order valence-corrected chi connectivity index (χ2v) is 5.81. The van der Waals surface area contributed by atoms with E-state index in [0.717, 1.165) is 45.5 Å². The Balaban J connectivity index is 1.63. The molecule has 3 heterocycles. The fourth-order valence-electron chi connectivity index (χ4n) is 3.20. The Morgan fingerprint density at radius 1 is 1.40 bits per heavy atom. The molecule has 5 heteroatoms. The maximum Gasteiger partial charge on any atom is 0.268 e. The summed E-state index contributed by atoms with van der Waals surface area (Å²) < 4.78 is 13.3. The molecule has 1 aromatic heterocycles. The van der Waals surface area contributed by atoms with Crippen LogP contribution in [0.2, 0.25) is 0 Å². The molecule has 0 radical (unpaired) electrons. The van der Waals surface area contributed by atoms with Crippen LogP contribution in [0.3, 0.4) is 0 Å². The van der Waals surface area contributed by atoms with Crippen LogP contribution in [0.4, 0.5) is 0 Å². The van der Waals surface area contributed by atoms with Gasteiger partial charge in [-0.2, -0.15) is 0 Å².